The molecule has 1 N–H and O–H groups in total. The Morgan fingerprint density at radius 2 is 2.33 bits per heavy atom. The van der Waals surface area contributed by atoms with Crippen LogP contribution >= 0.6 is 0 Å². The fourth-order valence-corrected chi connectivity index (χ4v) is 2.42. The summed E-state index contributed by atoms with van der Waals surface area (Å²) in [5.74, 6) is 0.514. The van der Waals surface area contributed by atoms with Crippen molar-refractivity contribution in [2.24, 2.45) is 0 Å². The number of ether oxygens (including phenoxy) is 1. The molecule has 0 aromatic heterocycles. The number of carbonyl (C=O) groups excluding carboxylic acids is 1. The average molecular weight is 249 g/mol. The Balaban J connectivity index is 2.09. The molecule has 18 heavy (non-hydrogen) atoms. The van der Waals surface area contributed by atoms with E-state index in [-0.39, 0.29) is 11.5 Å². The first kappa shape index (κ1) is 12.9. The minimum atomic E-state index is 0.0621. The summed E-state index contributed by atoms with van der Waals surface area (Å²) in [6.07, 6.45) is 2.77. The normalized spacial score (nSPS) is 20.0. The van der Waals surface area contributed by atoms with Crippen LogP contribution in [0.15, 0.2) is 18.2 Å². The van der Waals surface area contributed by atoms with Gasteiger partial charge in [-0.15, -0.1) is 0 Å². The average Bonchev–Trinajstić information content (AvgIpc) is 2.75. The predicted molar refractivity (Wildman–Crippen MR) is 69.3 cm³/mol. The van der Waals surface area contributed by atoms with Crippen LogP contribution in [0.25, 0.3) is 0 Å². The summed E-state index contributed by atoms with van der Waals surface area (Å²) in [4.78, 5) is 14.4. The van der Waals surface area contributed by atoms with Crippen molar-refractivity contribution in [3.8, 4) is 11.5 Å². The van der Waals surface area contributed by atoms with Crippen molar-refractivity contribution >= 4 is 5.78 Å². The van der Waals surface area contributed by atoms with Crippen molar-refractivity contribution in [2.45, 2.75) is 25.3 Å². The highest BCUT2D eigenvalue weighted by molar-refractivity contribution is 5.97. The quantitative estimate of drug-likeness (QED) is 0.830. The molecule has 0 bridgehead atoms. The van der Waals surface area contributed by atoms with Crippen molar-refractivity contribution in [2.75, 3.05) is 20.7 Å². The second-order valence-corrected chi connectivity index (χ2v) is 4.79. The Labute approximate surface area is 107 Å². The van der Waals surface area contributed by atoms with E-state index in [1.54, 1.807) is 12.1 Å². The number of hydrogen-bond acceptors (Lipinski definition) is 4. The molecule has 0 spiro atoms. The summed E-state index contributed by atoms with van der Waals surface area (Å²) in [5.41, 5.74) is 0.602. The first-order valence-electron chi connectivity index (χ1n) is 6.22. The third-order valence-electron chi connectivity index (χ3n) is 3.59. The van der Waals surface area contributed by atoms with Gasteiger partial charge in [-0.1, -0.05) is 0 Å². The molecular formula is C14H19NO3. The lowest BCUT2D eigenvalue weighted by molar-refractivity contribution is 0.0950. The van der Waals surface area contributed by atoms with Crippen molar-refractivity contribution in [3.63, 3.8) is 0 Å². The fraction of sp³-hybridized carbons (Fsp3) is 0.500. The van der Waals surface area contributed by atoms with Gasteiger partial charge in [-0.2, -0.15) is 0 Å². The zero-order chi connectivity index (χ0) is 13.1. The van der Waals surface area contributed by atoms with Gasteiger partial charge in [-0.05, 0) is 44.6 Å². The van der Waals surface area contributed by atoms with Gasteiger partial charge in [0.25, 0.3) is 0 Å². The number of phenolic OH excluding ortho intramolecular Hbond substituents is 1. The number of nitrogens with zero attached hydrogens (tertiary/aromatic N) is 1. The minimum Gasteiger partial charge on any atom is -0.504 e. The molecule has 4 nitrogen and oxygen atoms in total. The van der Waals surface area contributed by atoms with Crippen LogP contribution in [-0.4, -0.2) is 42.5 Å². The Bertz CT molecular complexity index is 445. The summed E-state index contributed by atoms with van der Waals surface area (Å²) < 4.78 is 5.01. The molecule has 98 valence electrons. The van der Waals surface area contributed by atoms with E-state index in [2.05, 4.69) is 11.9 Å². The minimum absolute atomic E-state index is 0.0621. The molecule has 2 rings (SSSR count). The fourth-order valence-electron chi connectivity index (χ4n) is 2.42. The number of phenols is 1. The molecule has 1 aromatic carbocycles. The lowest BCUT2D eigenvalue weighted by Gasteiger charge is -2.18. The maximum atomic E-state index is 12.2. The smallest absolute Gasteiger partial charge is 0.164 e. The van der Waals surface area contributed by atoms with Crippen molar-refractivity contribution in [1.29, 1.82) is 0 Å². The second kappa shape index (κ2) is 5.40. The third-order valence-corrected chi connectivity index (χ3v) is 3.59. The van der Waals surface area contributed by atoms with Crippen LogP contribution in [0.2, 0.25) is 0 Å². The highest BCUT2D eigenvalue weighted by Crippen LogP contribution is 2.28. The largest absolute Gasteiger partial charge is 0.504 e. The first-order valence-corrected chi connectivity index (χ1v) is 6.22. The van der Waals surface area contributed by atoms with Gasteiger partial charge >= 0.3 is 0 Å². The molecule has 4 heteroatoms. The molecule has 0 radical (unpaired) electrons. The number of Topliss-reactive ketones (excluding diaryl/α,β-unsaturated/α-hetero) is 1. The van der Waals surface area contributed by atoms with Crippen molar-refractivity contribution in [3.05, 3.63) is 23.8 Å². The molecule has 1 aliphatic rings. The van der Waals surface area contributed by atoms with E-state index in [1.807, 2.05) is 0 Å². The molecule has 1 heterocycles. The molecule has 1 aromatic rings. The molecule has 0 saturated carbocycles. The van der Waals surface area contributed by atoms with E-state index in [0.29, 0.717) is 23.8 Å². The highest BCUT2D eigenvalue weighted by atomic mass is 16.5. The van der Waals surface area contributed by atoms with Gasteiger partial charge in [0, 0.05) is 18.0 Å². The van der Waals surface area contributed by atoms with Gasteiger partial charge in [-0.3, -0.25) is 4.79 Å². The van der Waals surface area contributed by atoms with Crippen LogP contribution in [0.4, 0.5) is 0 Å². The number of hydrogen-bond donors (Lipinski definition) is 1. The molecule has 0 aliphatic carbocycles. The van der Waals surface area contributed by atoms with Gasteiger partial charge < -0.3 is 14.7 Å². The summed E-state index contributed by atoms with van der Waals surface area (Å²) >= 11 is 0. The molecule has 0 amide bonds. The van der Waals surface area contributed by atoms with Crippen LogP contribution in [0.5, 0.6) is 11.5 Å². The van der Waals surface area contributed by atoms with Crippen molar-refractivity contribution < 1.29 is 14.6 Å². The van der Waals surface area contributed by atoms with E-state index in [1.165, 1.54) is 13.2 Å². The zero-order valence-electron chi connectivity index (χ0n) is 10.8. The zero-order valence-corrected chi connectivity index (χ0v) is 10.8. The second-order valence-electron chi connectivity index (χ2n) is 4.79. The SMILES string of the molecule is COc1cc(C(=O)C[C@@H]2CCCN2C)ccc1O. The summed E-state index contributed by atoms with van der Waals surface area (Å²) in [5, 5.41) is 9.50. The number of likely N-dealkylation sites (tertiary alicyclic amines) is 1. The summed E-state index contributed by atoms with van der Waals surface area (Å²) in [6.45, 7) is 1.07. The van der Waals surface area contributed by atoms with Gasteiger partial charge in [0.2, 0.25) is 0 Å². The van der Waals surface area contributed by atoms with E-state index in [0.717, 1.165) is 19.4 Å². The molecule has 0 unspecified atom stereocenters. The van der Waals surface area contributed by atoms with Crippen LogP contribution in [-0.2, 0) is 0 Å². The molecule has 1 fully saturated rings. The van der Waals surface area contributed by atoms with E-state index in [4.69, 9.17) is 4.74 Å². The van der Waals surface area contributed by atoms with E-state index >= 15 is 0 Å². The maximum absolute atomic E-state index is 12.2. The number of ketones is 1. The molecule has 1 atom stereocenters. The number of carbonyl (C=O) groups is 1. The number of rotatable bonds is 4. The maximum Gasteiger partial charge on any atom is 0.164 e. The summed E-state index contributed by atoms with van der Waals surface area (Å²) in [7, 11) is 3.54. The Hall–Kier alpha value is -1.55. The summed E-state index contributed by atoms with van der Waals surface area (Å²) in [6, 6.07) is 5.10. The van der Waals surface area contributed by atoms with Crippen LogP contribution < -0.4 is 4.74 Å². The van der Waals surface area contributed by atoms with Crippen LogP contribution in [0, 0.1) is 0 Å². The van der Waals surface area contributed by atoms with E-state index in [9.17, 15) is 9.90 Å². The Morgan fingerprint density at radius 3 is 2.94 bits per heavy atom. The number of aromatic hydroxyl groups is 1. The third kappa shape index (κ3) is 2.64. The lowest BCUT2D eigenvalue weighted by Crippen LogP contribution is -2.27. The Morgan fingerprint density at radius 1 is 1.56 bits per heavy atom. The highest BCUT2D eigenvalue weighted by Gasteiger charge is 2.24. The van der Waals surface area contributed by atoms with E-state index < -0.39 is 0 Å². The molecule has 1 saturated heterocycles. The van der Waals surface area contributed by atoms with Crippen LogP contribution in [0.3, 0.4) is 0 Å². The monoisotopic (exact) mass is 249 g/mol. The van der Waals surface area contributed by atoms with Gasteiger partial charge in [0.05, 0.1) is 7.11 Å². The van der Waals surface area contributed by atoms with Gasteiger partial charge in [0.15, 0.2) is 17.3 Å². The topological polar surface area (TPSA) is 49.8 Å². The molecular weight excluding hydrogens is 230 g/mol. The standard InChI is InChI=1S/C14H19NO3/c1-15-7-3-4-11(15)9-13(17)10-5-6-12(16)14(8-10)18-2/h5-6,8,11,16H,3-4,7,9H2,1-2H3/t11-/m0/s1. The first-order chi connectivity index (χ1) is 8.61. The molecule has 1 aliphatic heterocycles. The van der Waals surface area contributed by atoms with Gasteiger partial charge in [0.1, 0.15) is 0 Å². The number of methoxy groups -OCH3 is 1. The van der Waals surface area contributed by atoms with Crippen molar-refractivity contribution in [1.82, 2.24) is 4.90 Å². The lowest BCUT2D eigenvalue weighted by atomic mass is 10.0. The van der Waals surface area contributed by atoms with Crippen LogP contribution in [0.1, 0.15) is 29.6 Å². The van der Waals surface area contributed by atoms with Gasteiger partial charge in [-0.25, -0.2) is 0 Å². The predicted octanol–water partition coefficient (Wildman–Crippen LogP) is 2.07. The number of benzene rings is 1. The Kier molecular flexibility index (Phi) is 3.87.